The van der Waals surface area contributed by atoms with Crippen LogP contribution in [0.3, 0.4) is 0 Å². The second-order valence-electron chi connectivity index (χ2n) is 6.64. The minimum absolute atomic E-state index is 0. The second-order valence-corrected chi connectivity index (χ2v) is 8.60. The molecule has 0 saturated carbocycles. The molecule has 4 rings (SSSR count). The maximum absolute atomic E-state index is 13.2. The fourth-order valence-electron chi connectivity index (χ4n) is 3.99. The highest BCUT2D eigenvalue weighted by Gasteiger charge is 2.39. The minimum Gasteiger partial charge on any atom is -0.311 e. The molecule has 2 bridgehead atoms. The number of hydrogen-bond acceptors (Lipinski definition) is 4. The Morgan fingerprint density at radius 2 is 1.88 bits per heavy atom. The summed E-state index contributed by atoms with van der Waals surface area (Å²) in [5.41, 5.74) is 0. The number of piperidine rings is 1. The molecule has 2 atom stereocenters. The van der Waals surface area contributed by atoms with Crippen LogP contribution in [0.5, 0.6) is 0 Å². The van der Waals surface area contributed by atoms with Gasteiger partial charge in [-0.3, -0.25) is 4.98 Å². The molecule has 2 saturated heterocycles. The fraction of sp³-hybridized carbons (Fsp3) is 0.471. The Morgan fingerprint density at radius 3 is 2.58 bits per heavy atom. The molecule has 2 aliphatic rings. The Morgan fingerprint density at radius 1 is 1.17 bits per heavy atom. The maximum atomic E-state index is 13.2. The average molecular weight is 368 g/mol. The van der Waals surface area contributed by atoms with Crippen LogP contribution in [0, 0.1) is 0 Å². The minimum atomic E-state index is -3.51. The first-order chi connectivity index (χ1) is 11.1. The number of nitrogens with zero attached hydrogens (tertiary/aromatic N) is 2. The van der Waals surface area contributed by atoms with Crippen LogP contribution in [0.1, 0.15) is 25.7 Å². The van der Waals surface area contributed by atoms with E-state index in [1.165, 1.54) is 0 Å². The van der Waals surface area contributed by atoms with Crippen molar-refractivity contribution in [3.8, 4) is 0 Å². The summed E-state index contributed by atoms with van der Waals surface area (Å²) in [6.45, 7) is 0. The van der Waals surface area contributed by atoms with Gasteiger partial charge >= 0.3 is 0 Å². The Balaban J connectivity index is 0.00000169. The molecule has 130 valence electrons. The third-order valence-corrected chi connectivity index (χ3v) is 7.23. The van der Waals surface area contributed by atoms with Crippen LogP contribution < -0.4 is 5.32 Å². The highest BCUT2D eigenvalue weighted by atomic mass is 35.5. The zero-order chi connectivity index (χ0) is 16.0. The SMILES string of the molecule is CN(C1CC2CCC(C1)N2)S(=O)(=O)c1cccc2cnccc12.Cl. The molecule has 0 radical (unpaired) electrons. The van der Waals surface area contributed by atoms with Gasteiger partial charge in [-0.25, -0.2) is 8.42 Å². The summed E-state index contributed by atoms with van der Waals surface area (Å²) in [5.74, 6) is 0. The molecule has 2 fully saturated rings. The van der Waals surface area contributed by atoms with Crippen LogP contribution in [0.15, 0.2) is 41.6 Å². The first-order valence-corrected chi connectivity index (χ1v) is 9.56. The molecule has 3 heterocycles. The van der Waals surface area contributed by atoms with Crippen LogP contribution >= 0.6 is 12.4 Å². The number of hydrogen-bond donors (Lipinski definition) is 1. The predicted molar refractivity (Wildman–Crippen MR) is 96.9 cm³/mol. The molecule has 0 spiro atoms. The first kappa shape index (κ1) is 17.6. The van der Waals surface area contributed by atoms with Gasteiger partial charge in [-0.05, 0) is 37.8 Å². The summed E-state index contributed by atoms with van der Waals surface area (Å²) in [6, 6.07) is 8.17. The van der Waals surface area contributed by atoms with Crippen molar-refractivity contribution in [2.45, 2.75) is 48.7 Å². The van der Waals surface area contributed by atoms with Crippen molar-refractivity contribution in [2.24, 2.45) is 0 Å². The number of sulfonamides is 1. The van der Waals surface area contributed by atoms with Crippen molar-refractivity contribution in [1.29, 1.82) is 0 Å². The van der Waals surface area contributed by atoms with E-state index in [1.54, 1.807) is 41.9 Å². The molecular weight excluding hydrogens is 346 g/mol. The van der Waals surface area contributed by atoms with E-state index in [0.717, 1.165) is 36.5 Å². The summed E-state index contributed by atoms with van der Waals surface area (Å²) in [6.07, 6.45) is 7.48. The van der Waals surface area contributed by atoms with E-state index in [4.69, 9.17) is 0 Å². The molecule has 1 aromatic heterocycles. The summed E-state index contributed by atoms with van der Waals surface area (Å²) < 4.78 is 27.9. The van der Waals surface area contributed by atoms with E-state index in [1.807, 2.05) is 6.07 Å². The van der Waals surface area contributed by atoms with Crippen molar-refractivity contribution < 1.29 is 8.42 Å². The lowest BCUT2D eigenvalue weighted by Crippen LogP contribution is -2.48. The topological polar surface area (TPSA) is 62.3 Å². The highest BCUT2D eigenvalue weighted by Crippen LogP contribution is 2.33. The lowest BCUT2D eigenvalue weighted by molar-refractivity contribution is 0.251. The fourth-order valence-corrected chi connectivity index (χ4v) is 5.58. The predicted octanol–water partition coefficient (Wildman–Crippen LogP) is 2.56. The number of benzene rings is 1. The van der Waals surface area contributed by atoms with E-state index < -0.39 is 10.0 Å². The quantitative estimate of drug-likeness (QED) is 0.905. The number of halogens is 1. The normalized spacial score (nSPS) is 26.5. The highest BCUT2D eigenvalue weighted by molar-refractivity contribution is 7.89. The van der Waals surface area contributed by atoms with E-state index in [-0.39, 0.29) is 18.4 Å². The van der Waals surface area contributed by atoms with Crippen molar-refractivity contribution in [3.63, 3.8) is 0 Å². The molecule has 2 unspecified atom stereocenters. The van der Waals surface area contributed by atoms with Gasteiger partial charge in [-0.2, -0.15) is 4.31 Å². The molecule has 24 heavy (non-hydrogen) atoms. The van der Waals surface area contributed by atoms with Crippen LogP contribution in [-0.2, 0) is 10.0 Å². The van der Waals surface area contributed by atoms with Crippen molar-refractivity contribution >= 4 is 33.2 Å². The second kappa shape index (κ2) is 6.59. The number of pyridine rings is 1. The third kappa shape index (κ3) is 2.92. The molecule has 1 N–H and O–H groups in total. The van der Waals surface area contributed by atoms with Gasteiger partial charge in [0.15, 0.2) is 0 Å². The number of aromatic nitrogens is 1. The zero-order valence-electron chi connectivity index (χ0n) is 13.6. The molecule has 2 aliphatic heterocycles. The van der Waals surface area contributed by atoms with Gasteiger partial charge in [0, 0.05) is 48.3 Å². The Labute approximate surface area is 148 Å². The van der Waals surface area contributed by atoms with Gasteiger partial charge in [0.1, 0.15) is 0 Å². The summed E-state index contributed by atoms with van der Waals surface area (Å²) in [7, 11) is -1.78. The van der Waals surface area contributed by atoms with E-state index >= 15 is 0 Å². The van der Waals surface area contributed by atoms with Gasteiger partial charge in [-0.15, -0.1) is 12.4 Å². The lowest BCUT2D eigenvalue weighted by Gasteiger charge is -2.35. The van der Waals surface area contributed by atoms with Crippen molar-refractivity contribution in [1.82, 2.24) is 14.6 Å². The molecule has 7 heteroatoms. The van der Waals surface area contributed by atoms with Gasteiger partial charge in [0.25, 0.3) is 0 Å². The van der Waals surface area contributed by atoms with Gasteiger partial charge in [0.05, 0.1) is 4.90 Å². The summed E-state index contributed by atoms with van der Waals surface area (Å²) in [5, 5.41) is 5.16. The number of fused-ring (bicyclic) bond motifs is 3. The maximum Gasteiger partial charge on any atom is 0.243 e. The van der Waals surface area contributed by atoms with Crippen LogP contribution in [0.25, 0.3) is 10.8 Å². The van der Waals surface area contributed by atoms with Crippen LogP contribution in [-0.4, -0.2) is 42.9 Å². The van der Waals surface area contributed by atoms with Gasteiger partial charge in [0.2, 0.25) is 10.0 Å². The zero-order valence-corrected chi connectivity index (χ0v) is 15.2. The van der Waals surface area contributed by atoms with Gasteiger partial charge < -0.3 is 5.32 Å². The van der Waals surface area contributed by atoms with E-state index in [2.05, 4.69) is 10.3 Å². The number of nitrogens with one attached hydrogen (secondary N) is 1. The summed E-state index contributed by atoms with van der Waals surface area (Å²) >= 11 is 0. The van der Waals surface area contributed by atoms with E-state index in [9.17, 15) is 8.42 Å². The standard InChI is InChI=1S/C17H21N3O2S.ClH/c1-20(15-9-13-5-6-14(10-15)19-13)23(21,22)17-4-2-3-12-11-18-8-7-16(12)17;/h2-4,7-8,11,13-15,19H,5-6,9-10H2,1H3;1H. The molecule has 2 aromatic rings. The largest absolute Gasteiger partial charge is 0.311 e. The Kier molecular flexibility index (Phi) is 4.84. The molecule has 5 nitrogen and oxygen atoms in total. The Hall–Kier alpha value is -1.21. The molecular formula is C17H22ClN3O2S. The lowest BCUT2D eigenvalue weighted by atomic mass is 10.0. The molecule has 0 amide bonds. The van der Waals surface area contributed by atoms with E-state index in [0.29, 0.717) is 17.0 Å². The van der Waals surface area contributed by atoms with Gasteiger partial charge in [-0.1, -0.05) is 12.1 Å². The smallest absolute Gasteiger partial charge is 0.243 e. The molecule has 0 aliphatic carbocycles. The Bertz CT molecular complexity index is 825. The monoisotopic (exact) mass is 367 g/mol. The van der Waals surface area contributed by atoms with Crippen molar-refractivity contribution in [3.05, 3.63) is 36.7 Å². The van der Waals surface area contributed by atoms with Crippen molar-refractivity contribution in [2.75, 3.05) is 7.05 Å². The van der Waals surface area contributed by atoms with Crippen LogP contribution in [0.4, 0.5) is 0 Å². The first-order valence-electron chi connectivity index (χ1n) is 8.12. The average Bonchev–Trinajstić information content (AvgIpc) is 2.91. The number of rotatable bonds is 3. The third-order valence-electron chi connectivity index (χ3n) is 5.26. The van der Waals surface area contributed by atoms with Crippen LogP contribution in [0.2, 0.25) is 0 Å². The summed E-state index contributed by atoms with van der Waals surface area (Å²) in [4.78, 5) is 4.46. The molecule has 1 aromatic carbocycles.